The number of hydrogen-bond donors (Lipinski definition) is 5. The van der Waals surface area contributed by atoms with E-state index in [1.54, 1.807) is 0 Å². The van der Waals surface area contributed by atoms with Crippen molar-refractivity contribution in [3.05, 3.63) is 0 Å². The summed E-state index contributed by atoms with van der Waals surface area (Å²) in [7, 11) is 0. The van der Waals surface area contributed by atoms with Gasteiger partial charge in [-0.25, -0.2) is 4.79 Å². The number of unbranched alkanes of at least 4 members (excludes halogenated alkanes) is 4. The average molecular weight is 487 g/mol. The van der Waals surface area contributed by atoms with Crippen LogP contribution in [0, 0.1) is 11.8 Å². The van der Waals surface area contributed by atoms with Gasteiger partial charge in [-0.1, -0.05) is 72.6 Å². The van der Waals surface area contributed by atoms with Crippen LogP contribution < -0.4 is 10.6 Å². The van der Waals surface area contributed by atoms with Crippen LogP contribution in [0.5, 0.6) is 0 Å². The third-order valence-corrected chi connectivity index (χ3v) is 5.97. The minimum Gasteiger partial charge on any atom is -0.481 e. The summed E-state index contributed by atoms with van der Waals surface area (Å²) in [4.78, 5) is 47.3. The van der Waals surface area contributed by atoms with E-state index in [1.165, 1.54) is 19.3 Å². The summed E-state index contributed by atoms with van der Waals surface area (Å²) >= 11 is 0. The lowest BCUT2D eigenvalue weighted by atomic mass is 9.99. The van der Waals surface area contributed by atoms with E-state index in [0.29, 0.717) is 6.42 Å². The Balaban J connectivity index is 4.57. The Labute approximate surface area is 204 Å². The van der Waals surface area contributed by atoms with Crippen molar-refractivity contribution in [3.8, 4) is 0 Å². The van der Waals surface area contributed by atoms with Gasteiger partial charge in [-0.2, -0.15) is 0 Å². The van der Waals surface area contributed by atoms with Gasteiger partial charge in [0.25, 0.3) is 0 Å². The van der Waals surface area contributed by atoms with Crippen LogP contribution in [0.4, 0.5) is 0 Å². The van der Waals surface area contributed by atoms with E-state index in [0.717, 1.165) is 31.6 Å². The van der Waals surface area contributed by atoms with E-state index < -0.39 is 41.9 Å². The summed E-state index contributed by atoms with van der Waals surface area (Å²) < 4.78 is 0. The van der Waals surface area contributed by atoms with Gasteiger partial charge in [-0.05, 0) is 31.1 Å². The molecule has 0 aromatic carbocycles. The molecule has 198 valence electrons. The van der Waals surface area contributed by atoms with Gasteiger partial charge < -0.3 is 26.0 Å². The average Bonchev–Trinajstić information content (AvgIpc) is 2.74. The number of carboxylic acids is 2. The van der Waals surface area contributed by atoms with Gasteiger partial charge in [-0.3, -0.25) is 14.4 Å². The molecule has 5 N–H and O–H groups in total. The molecule has 0 aliphatic heterocycles. The zero-order valence-electron chi connectivity index (χ0n) is 21.3. The highest BCUT2D eigenvalue weighted by Crippen LogP contribution is 2.15. The Morgan fingerprint density at radius 3 is 1.91 bits per heavy atom. The fourth-order valence-electron chi connectivity index (χ4n) is 3.68. The minimum atomic E-state index is -1.19. The highest BCUT2D eigenvalue weighted by Gasteiger charge is 2.28. The molecule has 9 heteroatoms. The van der Waals surface area contributed by atoms with E-state index in [4.69, 9.17) is 5.11 Å². The summed E-state index contributed by atoms with van der Waals surface area (Å²) in [5.41, 5.74) is 0. The largest absolute Gasteiger partial charge is 0.481 e. The van der Waals surface area contributed by atoms with Crippen molar-refractivity contribution in [2.75, 3.05) is 0 Å². The van der Waals surface area contributed by atoms with Gasteiger partial charge in [0.2, 0.25) is 11.8 Å². The molecule has 9 nitrogen and oxygen atoms in total. The lowest BCUT2D eigenvalue weighted by molar-refractivity contribution is -0.143. The van der Waals surface area contributed by atoms with Crippen LogP contribution in [0.1, 0.15) is 105 Å². The summed E-state index contributed by atoms with van der Waals surface area (Å²) in [5.74, 6) is -2.86. The molecule has 0 saturated heterocycles. The fraction of sp³-hybridized carbons (Fsp3) is 0.840. The number of aliphatic hydroxyl groups is 1. The van der Waals surface area contributed by atoms with Crippen LogP contribution in [0.15, 0.2) is 0 Å². The van der Waals surface area contributed by atoms with E-state index >= 15 is 0 Å². The molecule has 1 unspecified atom stereocenters. The number of aliphatic hydroxyl groups excluding tert-OH is 1. The van der Waals surface area contributed by atoms with Crippen LogP contribution in [0.3, 0.4) is 0 Å². The Kier molecular flexibility index (Phi) is 17.0. The Morgan fingerprint density at radius 2 is 1.38 bits per heavy atom. The monoisotopic (exact) mass is 486 g/mol. The van der Waals surface area contributed by atoms with Crippen molar-refractivity contribution < 1.29 is 34.5 Å². The summed E-state index contributed by atoms with van der Waals surface area (Å²) in [5, 5.41) is 33.3. The number of aliphatic carboxylic acids is 2. The SMILES string of the molecule is CCC(C)CCCCCCC[C@@H](O)CC(=O)N[C@@H](CCC(=O)O)C(=O)N[C@@H](CC(C)C)C(=O)O. The molecule has 34 heavy (non-hydrogen) atoms. The second-order valence-electron chi connectivity index (χ2n) is 9.80. The predicted octanol–water partition coefficient (Wildman–Crippen LogP) is 3.48. The Bertz CT molecular complexity index is 624. The maximum absolute atomic E-state index is 12.6. The normalized spacial score (nSPS) is 14.8. The molecule has 0 spiro atoms. The first-order valence-corrected chi connectivity index (χ1v) is 12.7. The highest BCUT2D eigenvalue weighted by atomic mass is 16.4. The maximum Gasteiger partial charge on any atom is 0.326 e. The summed E-state index contributed by atoms with van der Waals surface area (Å²) in [6, 6.07) is -2.32. The summed E-state index contributed by atoms with van der Waals surface area (Å²) in [6.07, 6.45) is 6.78. The molecule has 4 atom stereocenters. The van der Waals surface area contributed by atoms with Crippen molar-refractivity contribution in [1.29, 1.82) is 0 Å². The van der Waals surface area contributed by atoms with E-state index in [9.17, 15) is 29.4 Å². The first-order chi connectivity index (χ1) is 16.0. The number of carbonyl (C=O) groups is 4. The molecule has 0 heterocycles. The predicted molar refractivity (Wildman–Crippen MR) is 130 cm³/mol. The van der Waals surface area contributed by atoms with Gasteiger partial charge >= 0.3 is 11.9 Å². The zero-order valence-corrected chi connectivity index (χ0v) is 21.3. The lowest BCUT2D eigenvalue weighted by Gasteiger charge is -2.22. The number of nitrogens with one attached hydrogen (secondary N) is 2. The van der Waals surface area contributed by atoms with Crippen molar-refractivity contribution in [2.45, 2.75) is 123 Å². The first-order valence-electron chi connectivity index (χ1n) is 12.7. The second-order valence-corrected chi connectivity index (χ2v) is 9.80. The molecule has 0 aromatic heterocycles. The molecule has 2 amide bonds. The smallest absolute Gasteiger partial charge is 0.326 e. The molecule has 0 bridgehead atoms. The number of amides is 2. The number of hydrogen-bond acceptors (Lipinski definition) is 5. The molecule has 0 aliphatic rings. The van der Waals surface area contributed by atoms with Crippen LogP contribution in [0.2, 0.25) is 0 Å². The van der Waals surface area contributed by atoms with Gasteiger partial charge in [-0.15, -0.1) is 0 Å². The Hall–Kier alpha value is -2.16. The second kappa shape index (κ2) is 18.2. The lowest BCUT2D eigenvalue weighted by Crippen LogP contribution is -2.52. The minimum absolute atomic E-state index is 0.0171. The molecule has 0 aromatic rings. The molecule has 0 saturated carbocycles. The molecule has 0 fully saturated rings. The van der Waals surface area contributed by atoms with Crippen LogP contribution >= 0.6 is 0 Å². The molecular weight excluding hydrogens is 440 g/mol. The van der Waals surface area contributed by atoms with Crippen molar-refractivity contribution in [1.82, 2.24) is 10.6 Å². The standard InChI is InChI=1S/C25H46N2O7/c1-5-18(4)11-9-7-6-8-10-12-19(28)16-22(29)26-20(13-14-23(30)31)24(32)27-21(25(33)34)15-17(2)3/h17-21,28H,5-16H2,1-4H3,(H,26,29)(H,27,32)(H,30,31)(H,33,34)/t18?,19-,20+,21+/m1/s1. The molecule has 0 aliphatic carbocycles. The van der Waals surface area contributed by atoms with Crippen LogP contribution in [-0.2, 0) is 19.2 Å². The molecule has 0 radical (unpaired) electrons. The van der Waals surface area contributed by atoms with Crippen molar-refractivity contribution in [2.24, 2.45) is 11.8 Å². The number of carbonyl (C=O) groups excluding carboxylic acids is 2. The van der Waals surface area contributed by atoms with Gasteiger partial charge in [0, 0.05) is 6.42 Å². The first kappa shape index (κ1) is 31.8. The Morgan fingerprint density at radius 1 is 0.794 bits per heavy atom. The zero-order chi connectivity index (χ0) is 26.1. The van der Waals surface area contributed by atoms with Gasteiger partial charge in [0.15, 0.2) is 0 Å². The quantitative estimate of drug-likeness (QED) is 0.165. The van der Waals surface area contributed by atoms with Gasteiger partial charge in [0.05, 0.1) is 12.5 Å². The molecular formula is C25H46N2O7. The molecule has 0 rings (SSSR count). The topological polar surface area (TPSA) is 153 Å². The van der Waals surface area contributed by atoms with Crippen molar-refractivity contribution >= 4 is 23.8 Å². The van der Waals surface area contributed by atoms with E-state index in [-0.39, 0.29) is 31.6 Å². The van der Waals surface area contributed by atoms with Crippen LogP contribution in [0.25, 0.3) is 0 Å². The number of carboxylic acid groups (broad SMARTS) is 2. The summed E-state index contributed by atoms with van der Waals surface area (Å²) in [6.45, 7) is 8.09. The fourth-order valence-corrected chi connectivity index (χ4v) is 3.68. The van der Waals surface area contributed by atoms with Crippen molar-refractivity contribution in [3.63, 3.8) is 0 Å². The van der Waals surface area contributed by atoms with Crippen LogP contribution in [-0.4, -0.2) is 57.3 Å². The maximum atomic E-state index is 12.6. The number of rotatable bonds is 20. The van der Waals surface area contributed by atoms with Gasteiger partial charge in [0.1, 0.15) is 12.1 Å². The van der Waals surface area contributed by atoms with E-state index in [1.807, 2.05) is 13.8 Å². The third-order valence-electron chi connectivity index (χ3n) is 5.97. The van der Waals surface area contributed by atoms with E-state index in [2.05, 4.69) is 24.5 Å². The third kappa shape index (κ3) is 16.5. The highest BCUT2D eigenvalue weighted by molar-refractivity contribution is 5.90.